The van der Waals surface area contributed by atoms with E-state index in [0.29, 0.717) is 66.1 Å². The molecule has 19 heteroatoms. The zero-order valence-electron chi connectivity index (χ0n) is 32.3. The fourth-order valence-electron chi connectivity index (χ4n) is 6.04. The number of aromatic nitrogens is 6. The third kappa shape index (κ3) is 11.3. The number of halogens is 7. The van der Waals surface area contributed by atoms with Gasteiger partial charge < -0.3 is 22.5 Å². The lowest BCUT2D eigenvalue weighted by atomic mass is 9.81. The molecule has 4 aromatic rings. The summed E-state index contributed by atoms with van der Waals surface area (Å²) in [5.74, 6) is 0.0288. The number of pyridine rings is 2. The van der Waals surface area contributed by atoms with Gasteiger partial charge in [-0.25, -0.2) is 24.7 Å². The van der Waals surface area contributed by atoms with E-state index in [4.69, 9.17) is 4.74 Å². The van der Waals surface area contributed by atoms with E-state index < -0.39 is 46.5 Å². The highest BCUT2D eigenvalue weighted by Crippen LogP contribution is 2.35. The van der Waals surface area contributed by atoms with Crippen LogP contribution in [-0.2, 0) is 39.5 Å². The zero-order chi connectivity index (χ0) is 41.8. The monoisotopic (exact) mass is 835 g/mol. The first-order chi connectivity index (χ1) is 26.6. The van der Waals surface area contributed by atoms with Gasteiger partial charge in [-0.3, -0.25) is 24.5 Å². The Morgan fingerprint density at radius 2 is 1.19 bits per heavy atom. The van der Waals surface area contributed by atoms with Crippen molar-refractivity contribution in [2.24, 2.45) is 0 Å². The molecule has 58 heavy (non-hydrogen) atoms. The number of carbonyl (C=O) groups excluding carboxylic acids is 3. The van der Waals surface area contributed by atoms with Crippen molar-refractivity contribution >= 4 is 17.7 Å². The first kappa shape index (κ1) is 45.6. The number of hydrogen-bond acceptors (Lipinski definition) is 11. The SMILES string of the molecule is CC(C)(C)OC(=O)N1CCC1(C)C(=O)CCc1cc(-c2ccc(C(F)(F)F)nc2)ncn1.CC1(C(=O)CCc2cc(-c3ccc(C(F)(F)F)nc3)ncn2)CCN1.[Cl-]. The normalized spacial score (nSPS) is 19.1. The summed E-state index contributed by atoms with van der Waals surface area (Å²) in [5.41, 5.74) is -0.937. The summed E-state index contributed by atoms with van der Waals surface area (Å²) >= 11 is 0. The van der Waals surface area contributed by atoms with E-state index in [2.05, 4.69) is 35.2 Å². The number of amides is 1. The number of likely N-dealkylation sites (tertiary alicyclic amines) is 1. The molecular formula is C39H42ClF6N8O4-. The van der Waals surface area contributed by atoms with Gasteiger partial charge in [0, 0.05) is 54.3 Å². The Labute approximate surface area is 337 Å². The van der Waals surface area contributed by atoms with Gasteiger partial charge in [-0.1, -0.05) is 0 Å². The van der Waals surface area contributed by atoms with E-state index in [-0.39, 0.29) is 30.4 Å². The first-order valence-corrected chi connectivity index (χ1v) is 18.1. The Balaban J connectivity index is 0.000000259. The summed E-state index contributed by atoms with van der Waals surface area (Å²) in [4.78, 5) is 62.2. The maximum absolute atomic E-state index is 12.9. The second-order valence-corrected chi connectivity index (χ2v) is 15.2. The van der Waals surface area contributed by atoms with Crippen LogP contribution in [-0.4, -0.2) is 82.2 Å². The van der Waals surface area contributed by atoms with Crippen molar-refractivity contribution in [2.75, 3.05) is 13.1 Å². The predicted octanol–water partition coefficient (Wildman–Crippen LogP) is 4.27. The second-order valence-electron chi connectivity index (χ2n) is 15.2. The summed E-state index contributed by atoms with van der Waals surface area (Å²) in [7, 11) is 0. The number of hydrogen-bond donors (Lipinski definition) is 1. The van der Waals surface area contributed by atoms with Crippen molar-refractivity contribution in [1.29, 1.82) is 0 Å². The van der Waals surface area contributed by atoms with Gasteiger partial charge in [0.2, 0.25) is 0 Å². The third-order valence-electron chi connectivity index (χ3n) is 9.75. The van der Waals surface area contributed by atoms with Gasteiger partial charge in [0.05, 0.1) is 16.9 Å². The van der Waals surface area contributed by atoms with E-state index in [1.807, 2.05) is 6.92 Å². The molecule has 0 aromatic carbocycles. The molecule has 4 aromatic heterocycles. The molecule has 2 aliphatic rings. The van der Waals surface area contributed by atoms with E-state index in [1.165, 1.54) is 29.7 Å². The van der Waals surface area contributed by atoms with Gasteiger partial charge in [-0.15, -0.1) is 0 Å². The summed E-state index contributed by atoms with van der Waals surface area (Å²) in [6, 6.07) is 7.72. The van der Waals surface area contributed by atoms with E-state index in [1.54, 1.807) is 39.8 Å². The lowest BCUT2D eigenvalue weighted by molar-refractivity contribution is -0.141. The number of nitrogens with zero attached hydrogens (tertiary/aromatic N) is 7. The number of ketones is 2. The van der Waals surface area contributed by atoms with Crippen LogP contribution >= 0.6 is 0 Å². The zero-order valence-corrected chi connectivity index (χ0v) is 33.1. The Morgan fingerprint density at radius 1 is 0.724 bits per heavy atom. The molecule has 2 unspecified atom stereocenters. The maximum atomic E-state index is 12.9. The largest absolute Gasteiger partial charge is 1.00 e. The quantitative estimate of drug-likeness (QED) is 0.228. The van der Waals surface area contributed by atoms with Crippen molar-refractivity contribution in [3.63, 3.8) is 0 Å². The highest BCUT2D eigenvalue weighted by atomic mass is 35.5. The van der Waals surface area contributed by atoms with E-state index in [0.717, 1.165) is 37.5 Å². The molecule has 2 atom stereocenters. The minimum absolute atomic E-state index is 0. The molecule has 0 aliphatic carbocycles. The lowest BCUT2D eigenvalue weighted by Gasteiger charge is -2.49. The Kier molecular flexibility index (Phi) is 14.0. The van der Waals surface area contributed by atoms with Crippen LogP contribution < -0.4 is 17.7 Å². The molecule has 0 radical (unpaired) electrons. The highest BCUT2D eigenvalue weighted by molar-refractivity contribution is 5.93. The molecule has 1 amide bonds. The Morgan fingerprint density at radius 3 is 1.53 bits per heavy atom. The molecule has 6 rings (SSSR count). The van der Waals surface area contributed by atoms with Gasteiger partial charge in [-0.05, 0) is 103 Å². The van der Waals surface area contributed by atoms with Gasteiger partial charge in [-0.2, -0.15) is 26.3 Å². The van der Waals surface area contributed by atoms with E-state index >= 15 is 0 Å². The van der Waals surface area contributed by atoms with Crippen molar-refractivity contribution in [3.05, 3.63) is 84.2 Å². The van der Waals surface area contributed by atoms with Crippen molar-refractivity contribution in [2.45, 2.75) is 102 Å². The van der Waals surface area contributed by atoms with Crippen LogP contribution in [0.15, 0.2) is 61.4 Å². The van der Waals surface area contributed by atoms with Gasteiger partial charge in [0.25, 0.3) is 0 Å². The topological polar surface area (TPSA) is 153 Å². The predicted molar refractivity (Wildman–Crippen MR) is 194 cm³/mol. The molecule has 312 valence electrons. The molecule has 0 spiro atoms. The Hall–Kier alpha value is -5.10. The van der Waals surface area contributed by atoms with Gasteiger partial charge in [0.15, 0.2) is 11.6 Å². The molecule has 12 nitrogen and oxygen atoms in total. The third-order valence-corrected chi connectivity index (χ3v) is 9.75. The molecule has 2 saturated heterocycles. The minimum atomic E-state index is -4.51. The van der Waals surface area contributed by atoms with Crippen LogP contribution in [0.2, 0.25) is 0 Å². The van der Waals surface area contributed by atoms with Crippen molar-refractivity contribution in [3.8, 4) is 22.5 Å². The van der Waals surface area contributed by atoms with Crippen molar-refractivity contribution in [1.82, 2.24) is 40.1 Å². The van der Waals surface area contributed by atoms with Crippen molar-refractivity contribution < 1.29 is 57.9 Å². The molecule has 2 fully saturated rings. The summed E-state index contributed by atoms with van der Waals surface area (Å²) < 4.78 is 81.2. The lowest BCUT2D eigenvalue weighted by Crippen LogP contribution is -3.00. The average Bonchev–Trinajstić information content (AvgIpc) is 3.13. The molecule has 6 heterocycles. The fourth-order valence-corrected chi connectivity index (χ4v) is 6.04. The number of rotatable bonds is 10. The summed E-state index contributed by atoms with van der Waals surface area (Å²) in [5, 5.41) is 3.13. The number of carbonyl (C=O) groups is 3. The van der Waals surface area contributed by atoms with Gasteiger partial charge >= 0.3 is 18.4 Å². The van der Waals surface area contributed by atoms with Crippen LogP contribution in [0.3, 0.4) is 0 Å². The van der Waals surface area contributed by atoms with Crippen LogP contribution in [0.5, 0.6) is 0 Å². The molecule has 0 bridgehead atoms. The van der Waals surface area contributed by atoms with Crippen LogP contribution in [0, 0.1) is 0 Å². The molecule has 1 N–H and O–H groups in total. The number of Topliss-reactive ketones (excluding diaryl/α,β-unsaturated/α-hetero) is 2. The second kappa shape index (κ2) is 17.8. The number of aryl methyl sites for hydroxylation is 2. The summed E-state index contributed by atoms with van der Waals surface area (Å²) in [6.07, 6.45) is -1.96. The maximum Gasteiger partial charge on any atom is 0.433 e. The van der Waals surface area contributed by atoms with E-state index in [9.17, 15) is 40.7 Å². The fraction of sp³-hybridized carbons (Fsp3) is 0.462. The van der Waals surface area contributed by atoms with Gasteiger partial charge in [0.1, 0.15) is 35.2 Å². The van der Waals surface area contributed by atoms with Crippen LogP contribution in [0.25, 0.3) is 22.5 Å². The average molecular weight is 836 g/mol. The first-order valence-electron chi connectivity index (χ1n) is 18.1. The minimum Gasteiger partial charge on any atom is -1.00 e. The van der Waals surface area contributed by atoms with Crippen LogP contribution in [0.1, 0.15) is 83.1 Å². The Bertz CT molecular complexity index is 2070. The standard InChI is InChI=1S/C22H25F3N4O3.C17H17F3N4O.ClH/c1-20(2,3)32-19(31)29-10-9-21(29,4)18(30)8-6-15-11-16(28-13-27-15)14-5-7-17(26-12-14)22(23,24)25;1-16(6-7-24-16)15(25)5-3-12-8-13(23-10-22-12)11-2-4-14(21-9-11)17(18,19)20;/h5,7,11-13H,6,8-10H2,1-4H3;2,4,8-10,24H,3,5-7H2,1H3;1H/p-1. The molecular weight excluding hydrogens is 794 g/mol. The smallest absolute Gasteiger partial charge is 0.433 e. The summed E-state index contributed by atoms with van der Waals surface area (Å²) in [6.45, 7) is 10.2. The number of nitrogens with one attached hydrogen (secondary N) is 1. The highest BCUT2D eigenvalue weighted by Gasteiger charge is 2.50. The number of alkyl halides is 6. The molecule has 2 aliphatic heterocycles. The van der Waals surface area contributed by atoms with Crippen LogP contribution in [0.4, 0.5) is 31.1 Å². The number of ether oxygens (including phenoxy) is 1. The molecule has 0 saturated carbocycles.